The normalized spacial score (nSPS) is 12.3. The average Bonchev–Trinajstić information content (AvgIpc) is 3.32. The van der Waals surface area contributed by atoms with Gasteiger partial charge in [0.15, 0.2) is 0 Å². The fourth-order valence-corrected chi connectivity index (χ4v) is 2.72. The maximum Gasteiger partial charge on any atom is 0.316 e. The van der Waals surface area contributed by atoms with Crippen LogP contribution in [-0.2, 0) is 0 Å². The quantitative estimate of drug-likeness (QED) is 0.565. The van der Waals surface area contributed by atoms with Crippen LogP contribution in [0.3, 0.4) is 0 Å². The third kappa shape index (κ3) is 2.85. The van der Waals surface area contributed by atoms with E-state index in [0.717, 1.165) is 11.3 Å². The number of aromatic nitrogens is 4. The van der Waals surface area contributed by atoms with E-state index in [1.54, 1.807) is 19.2 Å². The van der Waals surface area contributed by atoms with Crippen LogP contribution >= 0.6 is 0 Å². The molecule has 0 aliphatic heterocycles. The highest BCUT2D eigenvalue weighted by molar-refractivity contribution is 5.83. The number of fused-ring (bicyclic) bond motifs is 1. The lowest BCUT2D eigenvalue weighted by molar-refractivity contribution is 0.414. The molecule has 2 aromatic heterocycles. The molecule has 0 saturated heterocycles. The van der Waals surface area contributed by atoms with Gasteiger partial charge in [-0.25, -0.2) is 4.39 Å². The predicted octanol–water partition coefficient (Wildman–Crippen LogP) is 3.93. The summed E-state index contributed by atoms with van der Waals surface area (Å²) in [6, 6.07) is 11.1. The van der Waals surface area contributed by atoms with Crippen LogP contribution in [0, 0.1) is 5.82 Å². The monoisotopic (exact) mass is 353 g/mol. The molecule has 0 bridgehead atoms. The van der Waals surface area contributed by atoms with Crippen LogP contribution < -0.4 is 10.1 Å². The van der Waals surface area contributed by atoms with E-state index in [-0.39, 0.29) is 23.5 Å². The first-order chi connectivity index (χ1) is 12.7. The molecule has 8 heteroatoms. The van der Waals surface area contributed by atoms with Crippen molar-refractivity contribution in [2.24, 2.45) is 0 Å². The molecule has 0 saturated carbocycles. The van der Waals surface area contributed by atoms with Gasteiger partial charge in [0.1, 0.15) is 11.6 Å². The van der Waals surface area contributed by atoms with E-state index in [1.165, 1.54) is 6.20 Å². The molecule has 0 aliphatic rings. The highest BCUT2D eigenvalue weighted by atomic mass is 19.1. The van der Waals surface area contributed by atoms with Gasteiger partial charge in [0.2, 0.25) is 0 Å². The fourth-order valence-electron chi connectivity index (χ4n) is 2.72. The van der Waals surface area contributed by atoms with Gasteiger partial charge in [-0.3, -0.25) is 5.10 Å². The van der Waals surface area contributed by atoms with Crippen molar-refractivity contribution in [1.82, 2.24) is 20.4 Å². The number of halogens is 1. The van der Waals surface area contributed by atoms with E-state index in [0.29, 0.717) is 10.9 Å². The van der Waals surface area contributed by atoms with Gasteiger partial charge in [0, 0.05) is 0 Å². The van der Waals surface area contributed by atoms with Gasteiger partial charge in [-0.1, -0.05) is 17.2 Å². The summed E-state index contributed by atoms with van der Waals surface area (Å²) in [6.07, 6.45) is 1.43. The number of aromatic amines is 1. The van der Waals surface area contributed by atoms with Crippen molar-refractivity contribution in [2.45, 2.75) is 13.0 Å². The molecule has 0 radical (unpaired) electrons. The molecule has 1 atom stereocenters. The van der Waals surface area contributed by atoms with Gasteiger partial charge in [0.05, 0.1) is 35.8 Å². The largest absolute Gasteiger partial charge is 0.497 e. The van der Waals surface area contributed by atoms with Crippen LogP contribution in [0.15, 0.2) is 47.0 Å². The molecule has 132 valence electrons. The van der Waals surface area contributed by atoms with Gasteiger partial charge in [-0.2, -0.15) is 5.10 Å². The summed E-state index contributed by atoms with van der Waals surface area (Å²) < 4.78 is 25.4. The second-order valence-electron chi connectivity index (χ2n) is 5.81. The Morgan fingerprint density at radius 3 is 2.96 bits per heavy atom. The number of hydrogen-bond donors (Lipinski definition) is 2. The lowest BCUT2D eigenvalue weighted by Gasteiger charge is -2.13. The Morgan fingerprint density at radius 2 is 2.12 bits per heavy atom. The van der Waals surface area contributed by atoms with Crippen LogP contribution in [-0.4, -0.2) is 27.5 Å². The smallest absolute Gasteiger partial charge is 0.316 e. The van der Waals surface area contributed by atoms with Gasteiger partial charge >= 0.3 is 6.01 Å². The number of rotatable bonds is 5. The molecule has 4 aromatic rings. The summed E-state index contributed by atoms with van der Waals surface area (Å²) in [5.41, 5.74) is 1.83. The number of ether oxygens (including phenoxy) is 1. The van der Waals surface area contributed by atoms with Crippen molar-refractivity contribution >= 4 is 16.9 Å². The van der Waals surface area contributed by atoms with Crippen molar-refractivity contribution in [3.8, 4) is 17.2 Å². The minimum absolute atomic E-state index is 0.0976. The zero-order valence-electron chi connectivity index (χ0n) is 14.2. The van der Waals surface area contributed by atoms with Crippen LogP contribution in [0.4, 0.5) is 10.4 Å². The van der Waals surface area contributed by atoms with Crippen molar-refractivity contribution in [1.29, 1.82) is 0 Å². The lowest BCUT2D eigenvalue weighted by Crippen LogP contribution is -2.06. The van der Waals surface area contributed by atoms with Crippen LogP contribution in [0.1, 0.15) is 18.5 Å². The maximum absolute atomic E-state index is 14.6. The zero-order valence-corrected chi connectivity index (χ0v) is 14.2. The Labute approximate surface area is 148 Å². The van der Waals surface area contributed by atoms with E-state index in [1.807, 2.05) is 31.2 Å². The molecule has 7 nitrogen and oxygen atoms in total. The van der Waals surface area contributed by atoms with E-state index in [9.17, 15) is 4.39 Å². The molecular weight excluding hydrogens is 337 g/mol. The Hall–Kier alpha value is -3.42. The Bertz CT molecular complexity index is 1060. The number of anilines is 1. The summed E-state index contributed by atoms with van der Waals surface area (Å²) in [5.74, 6) is 0.413. The Balaban J connectivity index is 1.58. The van der Waals surface area contributed by atoms with Crippen LogP contribution in [0.25, 0.3) is 22.4 Å². The second-order valence-corrected chi connectivity index (χ2v) is 5.81. The number of nitrogens with one attached hydrogen (secondary N) is 2. The average molecular weight is 353 g/mol. The fraction of sp³-hybridized carbons (Fsp3) is 0.167. The summed E-state index contributed by atoms with van der Waals surface area (Å²) in [4.78, 5) is 0. The summed E-state index contributed by atoms with van der Waals surface area (Å²) >= 11 is 0. The SMILES string of the molecule is COc1cccc([C@@H](C)Nc2nnc(-c3ccc4[nH]ncc4c3F)o2)c1. The van der Waals surface area contributed by atoms with Crippen molar-refractivity contribution in [3.63, 3.8) is 0 Å². The number of benzene rings is 2. The molecular formula is C18H16FN5O2. The van der Waals surface area contributed by atoms with Gasteiger partial charge < -0.3 is 14.5 Å². The number of hydrogen-bond acceptors (Lipinski definition) is 6. The Morgan fingerprint density at radius 1 is 1.23 bits per heavy atom. The summed E-state index contributed by atoms with van der Waals surface area (Å²) in [5, 5.41) is 17.9. The van der Waals surface area contributed by atoms with Crippen LogP contribution in [0.5, 0.6) is 5.75 Å². The number of methoxy groups -OCH3 is 1. The first-order valence-electron chi connectivity index (χ1n) is 8.01. The standard InChI is InChI=1S/C18H16FN5O2/c1-10(11-4-3-5-12(8-11)25-2)21-18-24-23-17(26-18)13-6-7-15-14(16(13)19)9-20-22-15/h3-10H,1-2H3,(H,20,22)(H,21,24)/t10-/m1/s1. The van der Waals surface area contributed by atoms with E-state index >= 15 is 0 Å². The van der Waals surface area contributed by atoms with Crippen molar-refractivity contribution < 1.29 is 13.5 Å². The molecule has 0 amide bonds. The third-order valence-electron chi connectivity index (χ3n) is 4.15. The summed E-state index contributed by atoms with van der Waals surface area (Å²) in [7, 11) is 1.62. The molecule has 0 aliphatic carbocycles. The van der Waals surface area contributed by atoms with E-state index in [4.69, 9.17) is 9.15 Å². The lowest BCUT2D eigenvalue weighted by atomic mass is 10.1. The number of nitrogens with zero attached hydrogens (tertiary/aromatic N) is 3. The molecule has 2 heterocycles. The molecule has 0 unspecified atom stereocenters. The predicted molar refractivity (Wildman–Crippen MR) is 94.4 cm³/mol. The molecule has 0 spiro atoms. The molecule has 0 fully saturated rings. The van der Waals surface area contributed by atoms with E-state index in [2.05, 4.69) is 25.7 Å². The first kappa shape index (κ1) is 16.1. The van der Waals surface area contributed by atoms with Gasteiger partial charge in [-0.15, -0.1) is 5.10 Å². The van der Waals surface area contributed by atoms with Gasteiger partial charge in [0.25, 0.3) is 5.89 Å². The summed E-state index contributed by atoms with van der Waals surface area (Å²) in [6.45, 7) is 1.96. The minimum atomic E-state index is -0.452. The first-order valence-corrected chi connectivity index (χ1v) is 8.01. The van der Waals surface area contributed by atoms with Crippen LogP contribution in [0.2, 0.25) is 0 Å². The topological polar surface area (TPSA) is 88.9 Å². The molecule has 4 rings (SSSR count). The van der Waals surface area contributed by atoms with Crippen molar-refractivity contribution in [2.75, 3.05) is 12.4 Å². The molecule has 2 N–H and O–H groups in total. The highest BCUT2D eigenvalue weighted by Gasteiger charge is 2.17. The Kier molecular flexibility index (Phi) is 4.00. The van der Waals surface area contributed by atoms with Crippen molar-refractivity contribution in [3.05, 3.63) is 54.0 Å². The number of H-pyrrole nitrogens is 1. The highest BCUT2D eigenvalue weighted by Crippen LogP contribution is 2.29. The second kappa shape index (κ2) is 6.47. The molecule has 26 heavy (non-hydrogen) atoms. The third-order valence-corrected chi connectivity index (χ3v) is 4.15. The van der Waals surface area contributed by atoms with Gasteiger partial charge in [-0.05, 0) is 36.8 Å². The molecule has 2 aromatic carbocycles. The minimum Gasteiger partial charge on any atom is -0.497 e. The zero-order chi connectivity index (χ0) is 18.1. The maximum atomic E-state index is 14.6. The van der Waals surface area contributed by atoms with E-state index < -0.39 is 5.82 Å².